The van der Waals surface area contributed by atoms with E-state index in [9.17, 15) is 9.59 Å². The molecule has 0 fully saturated rings. The van der Waals surface area contributed by atoms with Crippen molar-refractivity contribution in [1.82, 2.24) is 0 Å². The minimum absolute atomic E-state index is 0.270. The van der Waals surface area contributed by atoms with Crippen LogP contribution in [0.3, 0.4) is 0 Å². The Morgan fingerprint density at radius 3 is 2.50 bits per heavy atom. The number of esters is 1. The second kappa shape index (κ2) is 6.77. The first-order valence-corrected chi connectivity index (χ1v) is 8.92. The number of hydrogen-bond acceptors (Lipinski definition) is 4. The van der Waals surface area contributed by atoms with Crippen LogP contribution in [-0.2, 0) is 22.4 Å². The second-order valence-electron chi connectivity index (χ2n) is 6.31. The number of benzene rings is 1. The maximum Gasteiger partial charge on any atom is 0.348 e. The average Bonchev–Trinajstić information content (AvgIpc) is 3.09. The van der Waals surface area contributed by atoms with Crippen molar-refractivity contribution in [3.63, 3.8) is 0 Å². The molecule has 1 N–H and O–H groups in total. The Balaban J connectivity index is 1.58. The third-order valence-electron chi connectivity index (χ3n) is 4.22. The zero-order valence-electron chi connectivity index (χ0n) is 14.2. The van der Waals surface area contributed by atoms with Gasteiger partial charge in [0.2, 0.25) is 0 Å². The zero-order valence-corrected chi connectivity index (χ0v) is 15.0. The van der Waals surface area contributed by atoms with Crippen LogP contribution in [0.25, 0.3) is 0 Å². The molecular formula is C19H21NO3S. The number of amides is 1. The monoisotopic (exact) mass is 343 g/mol. The Hall–Kier alpha value is -2.14. The number of rotatable bonds is 4. The van der Waals surface area contributed by atoms with Gasteiger partial charge in [0.05, 0.1) is 0 Å². The maximum absolute atomic E-state index is 12.1. The average molecular weight is 343 g/mol. The molecule has 1 amide bonds. The van der Waals surface area contributed by atoms with Gasteiger partial charge < -0.3 is 10.1 Å². The molecule has 24 heavy (non-hydrogen) atoms. The summed E-state index contributed by atoms with van der Waals surface area (Å²) in [6, 6.07) is 5.94. The molecule has 0 aliphatic heterocycles. The first kappa shape index (κ1) is 16.7. The molecule has 0 spiro atoms. The standard InChI is InChI=1S/C19H21NO3S/c1-11-7-12(2)18(13(3)8-11)20-17(21)10-23-19(22)16-9-14-5-4-6-15(14)24-16/h7-9H,4-6,10H2,1-3H3,(H,20,21). The van der Waals surface area contributed by atoms with E-state index >= 15 is 0 Å². The predicted octanol–water partition coefficient (Wildman–Crippen LogP) is 3.96. The summed E-state index contributed by atoms with van der Waals surface area (Å²) in [5, 5.41) is 2.84. The Morgan fingerprint density at radius 1 is 1.12 bits per heavy atom. The summed E-state index contributed by atoms with van der Waals surface area (Å²) in [6.45, 7) is 5.66. The molecule has 126 valence electrons. The first-order valence-electron chi connectivity index (χ1n) is 8.10. The van der Waals surface area contributed by atoms with Crippen LogP contribution < -0.4 is 5.32 Å². The van der Waals surface area contributed by atoms with Crippen molar-refractivity contribution in [2.45, 2.75) is 40.0 Å². The number of fused-ring (bicyclic) bond motifs is 1. The number of aryl methyl sites for hydroxylation is 5. The van der Waals surface area contributed by atoms with E-state index in [4.69, 9.17) is 4.74 Å². The Kier molecular flexibility index (Phi) is 4.71. The SMILES string of the molecule is Cc1cc(C)c(NC(=O)COC(=O)c2cc3c(s2)CCC3)c(C)c1. The fraction of sp³-hybridized carbons (Fsp3) is 0.368. The van der Waals surface area contributed by atoms with Crippen LogP contribution >= 0.6 is 11.3 Å². The molecule has 5 heteroatoms. The molecule has 0 atom stereocenters. The maximum atomic E-state index is 12.1. The topological polar surface area (TPSA) is 55.4 Å². The quantitative estimate of drug-likeness (QED) is 0.855. The number of carbonyl (C=O) groups is 2. The number of carbonyl (C=O) groups excluding carboxylic acids is 2. The zero-order chi connectivity index (χ0) is 17.3. The van der Waals surface area contributed by atoms with Gasteiger partial charge in [-0.05, 0) is 62.8 Å². The minimum atomic E-state index is -0.415. The highest BCUT2D eigenvalue weighted by Crippen LogP contribution is 2.31. The largest absolute Gasteiger partial charge is 0.451 e. The smallest absolute Gasteiger partial charge is 0.348 e. The van der Waals surface area contributed by atoms with Gasteiger partial charge in [0, 0.05) is 10.6 Å². The lowest BCUT2D eigenvalue weighted by atomic mass is 10.1. The number of ether oxygens (including phenoxy) is 1. The summed E-state index contributed by atoms with van der Waals surface area (Å²) in [5.41, 5.74) is 5.20. The second-order valence-corrected chi connectivity index (χ2v) is 7.45. The van der Waals surface area contributed by atoms with E-state index in [1.807, 2.05) is 39.0 Å². The fourth-order valence-corrected chi connectivity index (χ4v) is 4.33. The van der Waals surface area contributed by atoms with Crippen LogP contribution in [0.1, 0.15) is 43.2 Å². The van der Waals surface area contributed by atoms with E-state index in [0.717, 1.165) is 41.6 Å². The summed E-state index contributed by atoms with van der Waals surface area (Å²) in [4.78, 5) is 26.1. The molecule has 0 saturated carbocycles. The van der Waals surface area contributed by atoms with E-state index in [0.29, 0.717) is 4.88 Å². The third-order valence-corrected chi connectivity index (χ3v) is 5.44. The number of hydrogen-bond donors (Lipinski definition) is 1. The Morgan fingerprint density at radius 2 is 1.83 bits per heavy atom. The highest BCUT2D eigenvalue weighted by atomic mass is 32.1. The molecular weight excluding hydrogens is 322 g/mol. The molecule has 0 radical (unpaired) electrons. The molecule has 1 aromatic heterocycles. The van der Waals surface area contributed by atoms with Crippen molar-refractivity contribution < 1.29 is 14.3 Å². The van der Waals surface area contributed by atoms with E-state index < -0.39 is 5.97 Å². The van der Waals surface area contributed by atoms with Gasteiger partial charge in [-0.15, -0.1) is 11.3 Å². The first-order chi connectivity index (χ1) is 11.4. The van der Waals surface area contributed by atoms with Gasteiger partial charge in [-0.25, -0.2) is 4.79 Å². The normalized spacial score (nSPS) is 12.8. The van der Waals surface area contributed by atoms with Crippen LogP contribution in [0, 0.1) is 20.8 Å². The summed E-state index contributed by atoms with van der Waals surface area (Å²) < 4.78 is 5.16. The van der Waals surface area contributed by atoms with E-state index in [-0.39, 0.29) is 12.5 Å². The van der Waals surface area contributed by atoms with Crippen LogP contribution in [0.4, 0.5) is 5.69 Å². The van der Waals surface area contributed by atoms with Gasteiger partial charge in [-0.3, -0.25) is 4.79 Å². The van der Waals surface area contributed by atoms with E-state index in [1.54, 1.807) is 0 Å². The van der Waals surface area contributed by atoms with Crippen molar-refractivity contribution in [3.05, 3.63) is 50.2 Å². The lowest BCUT2D eigenvalue weighted by Crippen LogP contribution is -2.21. The van der Waals surface area contributed by atoms with Crippen molar-refractivity contribution in [3.8, 4) is 0 Å². The molecule has 1 aromatic carbocycles. The Labute approximate surface area is 145 Å². The molecule has 2 aromatic rings. The van der Waals surface area contributed by atoms with Crippen molar-refractivity contribution in [1.29, 1.82) is 0 Å². The van der Waals surface area contributed by atoms with Gasteiger partial charge >= 0.3 is 5.97 Å². The third kappa shape index (κ3) is 3.51. The highest BCUT2D eigenvalue weighted by molar-refractivity contribution is 7.14. The summed E-state index contributed by atoms with van der Waals surface area (Å²) in [7, 11) is 0. The van der Waals surface area contributed by atoms with E-state index in [1.165, 1.54) is 21.8 Å². The molecule has 0 bridgehead atoms. The molecule has 4 nitrogen and oxygen atoms in total. The van der Waals surface area contributed by atoms with Gasteiger partial charge in [-0.1, -0.05) is 17.7 Å². The summed E-state index contributed by atoms with van der Waals surface area (Å²) >= 11 is 1.49. The van der Waals surface area contributed by atoms with Crippen LogP contribution in [0.2, 0.25) is 0 Å². The molecule has 1 heterocycles. The molecule has 0 saturated heterocycles. The lowest BCUT2D eigenvalue weighted by molar-refractivity contribution is -0.119. The fourth-order valence-electron chi connectivity index (χ4n) is 3.18. The lowest BCUT2D eigenvalue weighted by Gasteiger charge is -2.12. The highest BCUT2D eigenvalue weighted by Gasteiger charge is 2.20. The van der Waals surface area contributed by atoms with Gasteiger partial charge in [0.25, 0.3) is 5.91 Å². The molecule has 1 aliphatic carbocycles. The van der Waals surface area contributed by atoms with Crippen LogP contribution in [-0.4, -0.2) is 18.5 Å². The number of thiophene rings is 1. The minimum Gasteiger partial charge on any atom is -0.451 e. The summed E-state index contributed by atoms with van der Waals surface area (Å²) in [6.07, 6.45) is 3.24. The number of anilines is 1. The van der Waals surface area contributed by atoms with Gasteiger partial charge in [0.1, 0.15) is 4.88 Å². The molecule has 3 rings (SSSR count). The number of nitrogens with one attached hydrogen (secondary N) is 1. The summed E-state index contributed by atoms with van der Waals surface area (Å²) in [5.74, 6) is -0.732. The van der Waals surface area contributed by atoms with Gasteiger partial charge in [-0.2, -0.15) is 0 Å². The molecule has 0 unspecified atom stereocenters. The Bertz CT molecular complexity index is 762. The van der Waals surface area contributed by atoms with Crippen molar-refractivity contribution in [2.75, 3.05) is 11.9 Å². The van der Waals surface area contributed by atoms with Crippen molar-refractivity contribution >= 4 is 28.9 Å². The van der Waals surface area contributed by atoms with Crippen molar-refractivity contribution in [2.24, 2.45) is 0 Å². The van der Waals surface area contributed by atoms with Gasteiger partial charge in [0.15, 0.2) is 6.61 Å². The van der Waals surface area contributed by atoms with E-state index in [2.05, 4.69) is 5.32 Å². The van der Waals surface area contributed by atoms with Crippen LogP contribution in [0.5, 0.6) is 0 Å². The predicted molar refractivity (Wildman–Crippen MR) is 95.9 cm³/mol. The van der Waals surface area contributed by atoms with Crippen LogP contribution in [0.15, 0.2) is 18.2 Å². The molecule has 1 aliphatic rings.